The molecule has 0 saturated carbocycles. The molecule has 1 aliphatic rings. The van der Waals surface area contributed by atoms with Gasteiger partial charge in [0, 0.05) is 14.0 Å². The second kappa shape index (κ2) is 2.57. The van der Waals surface area contributed by atoms with Crippen LogP contribution in [0.15, 0.2) is 12.5 Å². The molecule has 1 atom stereocenters. The van der Waals surface area contributed by atoms with Gasteiger partial charge in [-0.3, -0.25) is 0 Å². The van der Waals surface area contributed by atoms with Crippen molar-refractivity contribution in [2.45, 2.75) is 32.4 Å². The predicted octanol–water partition coefficient (Wildman–Crippen LogP) is 1.72. The Kier molecular flexibility index (Phi) is 1.56. The molecule has 1 N–H and O–H groups in total. The van der Waals surface area contributed by atoms with Crippen molar-refractivity contribution in [3.8, 4) is 0 Å². The number of rotatable bonds is 0. The Morgan fingerprint density at radius 3 is 3.64 bits per heavy atom. The molecule has 1 aromatic heterocycles. The minimum absolute atomic E-state index is 0. The number of nitrogens with one attached hydrogen (secondary N) is 1. The highest BCUT2D eigenvalue weighted by Gasteiger charge is 2.10. The standard InChI is InChI=1S/C8H13N3.H2/c1-7-3-2-4-11-6-9-5-8(11)10-7;/h5-7,10H,2-4H2,1H3;1H/t7-;/m0./s1. The summed E-state index contributed by atoms with van der Waals surface area (Å²) in [6, 6.07) is 0.591. The van der Waals surface area contributed by atoms with Gasteiger partial charge in [0.05, 0.1) is 12.5 Å². The van der Waals surface area contributed by atoms with Gasteiger partial charge in [-0.05, 0) is 19.8 Å². The number of aromatic nitrogens is 2. The molecular weight excluding hydrogens is 138 g/mol. The van der Waals surface area contributed by atoms with Crippen LogP contribution in [0.5, 0.6) is 0 Å². The van der Waals surface area contributed by atoms with E-state index in [1.807, 2.05) is 12.5 Å². The normalized spacial score (nSPS) is 23.5. The van der Waals surface area contributed by atoms with Gasteiger partial charge < -0.3 is 9.88 Å². The molecule has 3 heteroatoms. The minimum Gasteiger partial charge on any atom is -0.368 e. The summed E-state index contributed by atoms with van der Waals surface area (Å²) in [6.07, 6.45) is 6.28. The number of nitrogens with zero attached hydrogens (tertiary/aromatic N) is 2. The van der Waals surface area contributed by atoms with Crippen LogP contribution in [0.1, 0.15) is 21.2 Å². The van der Waals surface area contributed by atoms with Crippen molar-refractivity contribution in [2.24, 2.45) is 0 Å². The third-order valence-electron chi connectivity index (χ3n) is 2.14. The lowest BCUT2D eigenvalue weighted by Crippen LogP contribution is -2.13. The van der Waals surface area contributed by atoms with E-state index in [9.17, 15) is 0 Å². The average Bonchev–Trinajstić information content (AvgIpc) is 2.31. The summed E-state index contributed by atoms with van der Waals surface area (Å²) in [6.45, 7) is 3.31. The third kappa shape index (κ3) is 1.23. The van der Waals surface area contributed by atoms with E-state index in [1.54, 1.807) is 0 Å². The van der Waals surface area contributed by atoms with Gasteiger partial charge in [0.1, 0.15) is 5.82 Å². The third-order valence-corrected chi connectivity index (χ3v) is 2.14. The zero-order valence-corrected chi connectivity index (χ0v) is 6.75. The van der Waals surface area contributed by atoms with Gasteiger partial charge in [-0.25, -0.2) is 4.98 Å². The van der Waals surface area contributed by atoms with Crippen molar-refractivity contribution in [1.82, 2.24) is 9.55 Å². The highest BCUT2D eigenvalue weighted by molar-refractivity contribution is 5.34. The Hall–Kier alpha value is -0.990. The van der Waals surface area contributed by atoms with Crippen molar-refractivity contribution in [3.63, 3.8) is 0 Å². The van der Waals surface area contributed by atoms with Crippen LogP contribution >= 0.6 is 0 Å². The van der Waals surface area contributed by atoms with E-state index < -0.39 is 0 Å². The summed E-state index contributed by atoms with van der Waals surface area (Å²) in [5.74, 6) is 1.16. The molecular formula is C8H15N3. The van der Waals surface area contributed by atoms with Crippen molar-refractivity contribution in [3.05, 3.63) is 12.5 Å². The average molecular weight is 153 g/mol. The molecule has 0 aliphatic carbocycles. The SMILES string of the molecule is C[C@H]1CCCn2cncc2N1.[HH]. The van der Waals surface area contributed by atoms with Gasteiger partial charge in [-0.15, -0.1) is 0 Å². The summed E-state index contributed by atoms with van der Waals surface area (Å²) < 4.78 is 2.17. The van der Waals surface area contributed by atoms with Crippen molar-refractivity contribution >= 4 is 5.82 Å². The summed E-state index contributed by atoms with van der Waals surface area (Å²) in [5.41, 5.74) is 0. The Labute approximate surface area is 67.9 Å². The Balaban J connectivity index is 0.000000720. The van der Waals surface area contributed by atoms with Gasteiger partial charge in [0.2, 0.25) is 0 Å². The molecule has 0 amide bonds. The topological polar surface area (TPSA) is 29.9 Å². The van der Waals surface area contributed by atoms with Crippen LogP contribution in [0.2, 0.25) is 0 Å². The van der Waals surface area contributed by atoms with E-state index >= 15 is 0 Å². The van der Waals surface area contributed by atoms with Gasteiger partial charge in [0.15, 0.2) is 0 Å². The molecule has 0 unspecified atom stereocenters. The van der Waals surface area contributed by atoms with E-state index in [-0.39, 0.29) is 1.43 Å². The van der Waals surface area contributed by atoms with E-state index in [0.29, 0.717) is 6.04 Å². The predicted molar refractivity (Wildman–Crippen MR) is 46.7 cm³/mol. The summed E-state index contributed by atoms with van der Waals surface area (Å²) in [5, 5.41) is 3.40. The van der Waals surface area contributed by atoms with E-state index in [0.717, 1.165) is 12.4 Å². The van der Waals surface area contributed by atoms with Crippen LogP contribution in [-0.2, 0) is 6.54 Å². The number of hydrogen-bond donors (Lipinski definition) is 1. The van der Waals surface area contributed by atoms with Crippen LogP contribution in [-0.4, -0.2) is 15.6 Å². The van der Waals surface area contributed by atoms with Gasteiger partial charge in [-0.2, -0.15) is 0 Å². The fraction of sp³-hybridized carbons (Fsp3) is 0.625. The molecule has 0 bridgehead atoms. The fourth-order valence-electron chi connectivity index (χ4n) is 1.51. The molecule has 0 saturated heterocycles. The molecule has 11 heavy (non-hydrogen) atoms. The Morgan fingerprint density at radius 2 is 2.73 bits per heavy atom. The van der Waals surface area contributed by atoms with Crippen LogP contribution in [0, 0.1) is 0 Å². The lowest BCUT2D eigenvalue weighted by Gasteiger charge is -2.09. The van der Waals surface area contributed by atoms with Gasteiger partial charge in [-0.1, -0.05) is 0 Å². The second-order valence-corrected chi connectivity index (χ2v) is 3.16. The van der Waals surface area contributed by atoms with E-state index in [4.69, 9.17) is 0 Å². The first-order valence-electron chi connectivity index (χ1n) is 4.13. The quantitative estimate of drug-likeness (QED) is 0.615. The maximum Gasteiger partial charge on any atom is 0.126 e. The van der Waals surface area contributed by atoms with Crippen molar-refractivity contribution in [2.75, 3.05) is 5.32 Å². The smallest absolute Gasteiger partial charge is 0.126 e. The molecule has 1 aromatic rings. The zero-order chi connectivity index (χ0) is 7.68. The van der Waals surface area contributed by atoms with Crippen molar-refractivity contribution in [1.29, 1.82) is 0 Å². The lowest BCUT2D eigenvalue weighted by molar-refractivity contribution is 0.613. The maximum absolute atomic E-state index is 4.08. The van der Waals surface area contributed by atoms with Gasteiger partial charge in [0.25, 0.3) is 0 Å². The van der Waals surface area contributed by atoms with Crippen molar-refractivity contribution < 1.29 is 1.43 Å². The summed E-state index contributed by atoms with van der Waals surface area (Å²) in [7, 11) is 0. The largest absolute Gasteiger partial charge is 0.368 e. The molecule has 0 radical (unpaired) electrons. The fourth-order valence-corrected chi connectivity index (χ4v) is 1.51. The molecule has 0 spiro atoms. The zero-order valence-electron chi connectivity index (χ0n) is 6.75. The highest BCUT2D eigenvalue weighted by Crippen LogP contribution is 2.15. The lowest BCUT2D eigenvalue weighted by atomic mass is 10.2. The summed E-state index contributed by atoms with van der Waals surface area (Å²) >= 11 is 0. The number of fused-ring (bicyclic) bond motifs is 1. The number of imidazole rings is 1. The second-order valence-electron chi connectivity index (χ2n) is 3.16. The van der Waals surface area contributed by atoms with Crippen LogP contribution in [0.4, 0.5) is 5.82 Å². The van der Waals surface area contributed by atoms with Crippen LogP contribution in [0.3, 0.4) is 0 Å². The van der Waals surface area contributed by atoms with E-state index in [2.05, 4.69) is 21.8 Å². The van der Waals surface area contributed by atoms with Crippen LogP contribution < -0.4 is 5.32 Å². The number of anilines is 1. The minimum atomic E-state index is 0. The van der Waals surface area contributed by atoms with E-state index in [1.165, 1.54) is 12.8 Å². The Bertz CT molecular complexity index is 246. The first kappa shape index (κ1) is 6.70. The molecule has 2 rings (SSSR count). The summed E-state index contributed by atoms with van der Waals surface area (Å²) in [4.78, 5) is 4.08. The molecule has 2 heterocycles. The molecule has 3 nitrogen and oxygen atoms in total. The first-order valence-corrected chi connectivity index (χ1v) is 4.13. The van der Waals surface area contributed by atoms with Crippen LogP contribution in [0.25, 0.3) is 0 Å². The number of aryl methyl sites for hydroxylation is 1. The molecule has 0 fully saturated rings. The van der Waals surface area contributed by atoms with Gasteiger partial charge >= 0.3 is 0 Å². The monoisotopic (exact) mass is 153 g/mol. The number of hydrogen-bond acceptors (Lipinski definition) is 2. The first-order chi connectivity index (χ1) is 5.36. The molecule has 62 valence electrons. The molecule has 1 aliphatic heterocycles. The maximum atomic E-state index is 4.08. The molecule has 0 aromatic carbocycles. The highest BCUT2D eigenvalue weighted by atomic mass is 15.2. The Morgan fingerprint density at radius 1 is 1.82 bits per heavy atom.